The number of hydrogen-bond donors (Lipinski definition) is 2. The molecular formula is C24H18ClF3N6O4. The molecule has 0 fully saturated rings. The van der Waals surface area contributed by atoms with Gasteiger partial charge in [-0.3, -0.25) is 14.3 Å². The molecule has 38 heavy (non-hydrogen) atoms. The monoisotopic (exact) mass is 546 g/mol. The van der Waals surface area contributed by atoms with Crippen LogP contribution in [0, 0.1) is 13.8 Å². The van der Waals surface area contributed by atoms with Crippen molar-refractivity contribution in [1.82, 2.24) is 24.9 Å². The first-order valence-electron chi connectivity index (χ1n) is 11.1. The third-order valence-corrected chi connectivity index (χ3v) is 6.07. The lowest BCUT2D eigenvalue weighted by atomic mass is 9.99. The van der Waals surface area contributed by atoms with Gasteiger partial charge < -0.3 is 9.73 Å². The van der Waals surface area contributed by atoms with Gasteiger partial charge in [0.25, 0.3) is 0 Å². The highest BCUT2D eigenvalue weighted by molar-refractivity contribution is 6.29. The van der Waals surface area contributed by atoms with Crippen molar-refractivity contribution in [3.05, 3.63) is 79.3 Å². The first-order valence-corrected chi connectivity index (χ1v) is 11.5. The second kappa shape index (κ2) is 9.17. The number of fused-ring (bicyclic) bond motifs is 1. The lowest BCUT2D eigenvalue weighted by Crippen LogP contribution is -2.16. The first kappa shape index (κ1) is 25.3. The molecule has 2 N–H and O–H groups in total. The van der Waals surface area contributed by atoms with Crippen LogP contribution in [0.3, 0.4) is 0 Å². The number of alkyl halides is 3. The number of rotatable bonds is 5. The molecule has 0 saturated carbocycles. The number of nitrogens with zero attached hydrogens (tertiary/aromatic N) is 4. The van der Waals surface area contributed by atoms with Gasteiger partial charge in [-0.05, 0) is 44.5 Å². The molecule has 10 nitrogen and oxygen atoms in total. The number of aromatic amines is 1. The molecule has 0 bridgehead atoms. The summed E-state index contributed by atoms with van der Waals surface area (Å²) in [6.45, 7) is 5.08. The quantitative estimate of drug-likeness (QED) is 0.283. The van der Waals surface area contributed by atoms with E-state index in [1.54, 1.807) is 32.0 Å². The highest BCUT2D eigenvalue weighted by atomic mass is 35.5. The van der Waals surface area contributed by atoms with Gasteiger partial charge in [0.1, 0.15) is 22.2 Å². The number of pyridine rings is 1. The molecule has 0 unspecified atom stereocenters. The molecule has 4 heterocycles. The predicted octanol–water partition coefficient (Wildman–Crippen LogP) is 5.31. The SMILES string of the molecule is Cc1cc([C@@H](C)Nc2ccc(Cl)nc2-c2noc(=O)[nH]2)c2oc(-c3cnn(C(F)(F)F)c3)c(C)c(=O)c2c1. The van der Waals surface area contributed by atoms with Gasteiger partial charge in [-0.1, -0.05) is 22.8 Å². The fourth-order valence-electron chi connectivity index (χ4n) is 4.12. The van der Waals surface area contributed by atoms with Crippen LogP contribution in [-0.2, 0) is 6.30 Å². The zero-order valence-electron chi connectivity index (χ0n) is 20.0. The third kappa shape index (κ3) is 4.56. The Bertz CT molecular complexity index is 1800. The van der Waals surface area contributed by atoms with Crippen molar-refractivity contribution < 1.29 is 22.1 Å². The molecule has 5 rings (SSSR count). The van der Waals surface area contributed by atoms with E-state index in [1.165, 1.54) is 13.0 Å². The van der Waals surface area contributed by atoms with Gasteiger partial charge in [0.2, 0.25) is 5.82 Å². The standard InChI is InChI=1S/C24H18ClF3N6O4/c1-10-6-14(12(3)30-16-4-5-17(25)31-18(16)22-32-23(36)38-33-22)21-15(7-10)19(35)11(2)20(37-21)13-8-29-34(9-13)24(26,27)28/h4-9,12,30H,1-3H3,(H,32,33,36)/t12-/m1/s1. The van der Waals surface area contributed by atoms with Crippen LogP contribution in [0.2, 0.25) is 5.15 Å². The Hall–Kier alpha value is -4.39. The Morgan fingerprint density at radius 1 is 1.18 bits per heavy atom. The van der Waals surface area contributed by atoms with Crippen molar-refractivity contribution in [1.29, 1.82) is 0 Å². The number of hydrogen-bond acceptors (Lipinski definition) is 8. The third-order valence-electron chi connectivity index (χ3n) is 5.86. The lowest BCUT2D eigenvalue weighted by molar-refractivity contribution is -0.212. The second-order valence-electron chi connectivity index (χ2n) is 8.60. The molecule has 1 aromatic carbocycles. The molecule has 0 radical (unpaired) electrons. The Morgan fingerprint density at radius 2 is 1.95 bits per heavy atom. The number of benzene rings is 1. The summed E-state index contributed by atoms with van der Waals surface area (Å²) in [5, 5.41) is 10.7. The van der Waals surface area contributed by atoms with Crippen LogP contribution in [0.1, 0.15) is 29.7 Å². The van der Waals surface area contributed by atoms with Crippen LogP contribution in [0.5, 0.6) is 0 Å². The largest absolute Gasteiger partial charge is 0.504 e. The topological polar surface area (TPSA) is 132 Å². The van der Waals surface area contributed by atoms with Gasteiger partial charge >= 0.3 is 12.1 Å². The van der Waals surface area contributed by atoms with E-state index in [1.807, 2.05) is 0 Å². The number of nitrogens with one attached hydrogen (secondary N) is 2. The number of aryl methyl sites for hydroxylation is 1. The van der Waals surface area contributed by atoms with E-state index in [0.29, 0.717) is 11.3 Å². The second-order valence-corrected chi connectivity index (χ2v) is 8.98. The van der Waals surface area contributed by atoms with E-state index in [4.69, 9.17) is 16.0 Å². The van der Waals surface area contributed by atoms with Crippen molar-refractivity contribution in [2.75, 3.05) is 5.32 Å². The maximum Gasteiger partial charge on any atom is 0.504 e. The number of H-pyrrole nitrogens is 1. The molecule has 0 aliphatic heterocycles. The molecule has 0 aliphatic carbocycles. The summed E-state index contributed by atoms with van der Waals surface area (Å²) in [6.07, 6.45) is -2.97. The minimum atomic E-state index is -4.72. The van der Waals surface area contributed by atoms with E-state index in [-0.39, 0.29) is 54.6 Å². The van der Waals surface area contributed by atoms with E-state index < -0.39 is 18.1 Å². The van der Waals surface area contributed by atoms with Gasteiger partial charge in [-0.25, -0.2) is 9.78 Å². The molecule has 5 aromatic rings. The highest BCUT2D eigenvalue weighted by Gasteiger charge is 2.32. The molecule has 1 atom stereocenters. The fraction of sp³-hybridized carbons (Fsp3) is 0.208. The molecule has 0 saturated heterocycles. The van der Waals surface area contributed by atoms with Gasteiger partial charge in [-0.15, -0.1) is 13.2 Å². The van der Waals surface area contributed by atoms with Crippen LogP contribution in [-0.4, -0.2) is 24.9 Å². The van der Waals surface area contributed by atoms with E-state index in [2.05, 4.69) is 30.1 Å². The normalized spacial score (nSPS) is 12.7. The van der Waals surface area contributed by atoms with E-state index in [0.717, 1.165) is 18.0 Å². The Morgan fingerprint density at radius 3 is 2.61 bits per heavy atom. The zero-order valence-corrected chi connectivity index (χ0v) is 20.7. The predicted molar refractivity (Wildman–Crippen MR) is 132 cm³/mol. The molecule has 0 aliphatic rings. The molecule has 14 heteroatoms. The summed E-state index contributed by atoms with van der Waals surface area (Å²) in [7, 11) is 0. The van der Waals surface area contributed by atoms with Crippen molar-refractivity contribution in [3.8, 4) is 22.8 Å². The molecule has 196 valence electrons. The maximum absolute atomic E-state index is 13.3. The van der Waals surface area contributed by atoms with E-state index >= 15 is 0 Å². The summed E-state index contributed by atoms with van der Waals surface area (Å²) in [6, 6.07) is 6.09. The van der Waals surface area contributed by atoms with Crippen molar-refractivity contribution >= 4 is 28.3 Å². The zero-order chi connectivity index (χ0) is 27.4. The Kier molecular flexibility index (Phi) is 6.10. The van der Waals surface area contributed by atoms with Gasteiger partial charge in [0.15, 0.2) is 5.43 Å². The summed E-state index contributed by atoms with van der Waals surface area (Å²) in [5.41, 5.74) is 1.93. The average molecular weight is 547 g/mol. The molecular weight excluding hydrogens is 529 g/mol. The van der Waals surface area contributed by atoms with Gasteiger partial charge in [-0.2, -0.15) is 9.78 Å². The number of anilines is 1. The van der Waals surface area contributed by atoms with Gasteiger partial charge in [0.05, 0.1) is 28.9 Å². The minimum absolute atomic E-state index is 0.00476. The summed E-state index contributed by atoms with van der Waals surface area (Å²) >= 11 is 6.05. The summed E-state index contributed by atoms with van der Waals surface area (Å²) in [4.78, 5) is 31.4. The van der Waals surface area contributed by atoms with Gasteiger partial charge in [0, 0.05) is 17.3 Å². The summed E-state index contributed by atoms with van der Waals surface area (Å²) in [5.74, 6) is -0.749. The van der Waals surface area contributed by atoms with Crippen molar-refractivity contribution in [3.63, 3.8) is 0 Å². The van der Waals surface area contributed by atoms with Crippen LogP contribution in [0.25, 0.3) is 33.8 Å². The smallest absolute Gasteiger partial charge is 0.455 e. The average Bonchev–Trinajstić information content (AvgIpc) is 3.52. The number of halogens is 4. The van der Waals surface area contributed by atoms with E-state index in [9.17, 15) is 22.8 Å². The van der Waals surface area contributed by atoms with Crippen LogP contribution in [0.15, 0.2) is 55.2 Å². The van der Waals surface area contributed by atoms with Crippen molar-refractivity contribution in [2.45, 2.75) is 33.1 Å². The maximum atomic E-state index is 13.3. The fourth-order valence-corrected chi connectivity index (χ4v) is 4.27. The molecule has 0 spiro atoms. The number of aromatic nitrogens is 5. The highest BCUT2D eigenvalue weighted by Crippen LogP contribution is 2.34. The molecule has 0 amide bonds. The summed E-state index contributed by atoms with van der Waals surface area (Å²) < 4.78 is 49.8. The first-order chi connectivity index (χ1) is 17.9. The van der Waals surface area contributed by atoms with Crippen molar-refractivity contribution in [2.24, 2.45) is 0 Å². The Balaban J connectivity index is 1.63. The lowest BCUT2D eigenvalue weighted by Gasteiger charge is -2.19. The van der Waals surface area contributed by atoms with Crippen LogP contribution < -0.4 is 16.5 Å². The Labute approximate surface area is 216 Å². The van der Waals surface area contributed by atoms with Crippen LogP contribution in [0.4, 0.5) is 18.9 Å². The van der Waals surface area contributed by atoms with Crippen LogP contribution >= 0.6 is 11.6 Å². The molecule has 4 aromatic heterocycles. The minimum Gasteiger partial charge on any atom is -0.455 e.